The van der Waals surface area contributed by atoms with Crippen LogP contribution in [0.2, 0.25) is 5.02 Å². The van der Waals surface area contributed by atoms with Gasteiger partial charge in [-0.3, -0.25) is 9.69 Å². The molecule has 0 saturated carbocycles. The molecule has 0 atom stereocenters. The summed E-state index contributed by atoms with van der Waals surface area (Å²) in [5, 5.41) is 10.0. The molecule has 5 nitrogen and oxygen atoms in total. The average molecular weight is 368 g/mol. The van der Waals surface area contributed by atoms with Crippen molar-refractivity contribution in [1.29, 1.82) is 0 Å². The highest BCUT2D eigenvalue weighted by Gasteiger charge is 2.22. The maximum Gasteiger partial charge on any atom is 0.255 e. The molecule has 1 aromatic heterocycles. The Bertz CT molecular complexity index is 1000. The summed E-state index contributed by atoms with van der Waals surface area (Å²) >= 11 is 6.20. The molecule has 2 aromatic carbocycles. The molecule has 1 aliphatic heterocycles. The van der Waals surface area contributed by atoms with Crippen molar-refractivity contribution < 1.29 is 5.11 Å². The quantitative estimate of drug-likeness (QED) is 0.744. The number of fused-ring (bicyclic) bond motifs is 1. The van der Waals surface area contributed by atoms with Gasteiger partial charge in [0.15, 0.2) is 0 Å². The second kappa shape index (κ2) is 6.94. The highest BCUT2D eigenvalue weighted by molar-refractivity contribution is 6.31. The number of halogens is 1. The Morgan fingerprint density at radius 1 is 1.19 bits per heavy atom. The van der Waals surface area contributed by atoms with Crippen LogP contribution < -0.4 is 5.56 Å². The van der Waals surface area contributed by atoms with Crippen LogP contribution in [0.3, 0.4) is 0 Å². The molecule has 0 bridgehead atoms. The summed E-state index contributed by atoms with van der Waals surface area (Å²) in [5.74, 6) is 0.765. The Hall–Kier alpha value is -2.63. The van der Waals surface area contributed by atoms with E-state index >= 15 is 0 Å². The largest absolute Gasteiger partial charge is 0.508 e. The summed E-state index contributed by atoms with van der Waals surface area (Å²) < 4.78 is 0. The third-order valence-electron chi connectivity index (χ3n) is 4.63. The van der Waals surface area contributed by atoms with Gasteiger partial charge < -0.3 is 10.1 Å². The molecule has 3 aromatic rings. The number of hydrogen-bond acceptors (Lipinski definition) is 4. The van der Waals surface area contributed by atoms with Crippen LogP contribution in [0.25, 0.3) is 11.4 Å². The zero-order valence-electron chi connectivity index (χ0n) is 14.1. The van der Waals surface area contributed by atoms with Crippen molar-refractivity contribution in [3.05, 3.63) is 80.7 Å². The first kappa shape index (κ1) is 16.8. The Balaban J connectivity index is 1.58. The van der Waals surface area contributed by atoms with Gasteiger partial charge in [-0.05, 0) is 17.7 Å². The minimum absolute atomic E-state index is 0.0876. The highest BCUT2D eigenvalue weighted by atomic mass is 35.5. The van der Waals surface area contributed by atoms with Gasteiger partial charge in [0.1, 0.15) is 11.6 Å². The van der Waals surface area contributed by atoms with Crippen molar-refractivity contribution in [2.24, 2.45) is 0 Å². The number of benzene rings is 2. The molecule has 132 valence electrons. The maximum atomic E-state index is 12.6. The van der Waals surface area contributed by atoms with E-state index in [1.54, 1.807) is 6.07 Å². The summed E-state index contributed by atoms with van der Waals surface area (Å²) in [6.45, 7) is 1.96. The number of aromatic nitrogens is 2. The van der Waals surface area contributed by atoms with Gasteiger partial charge in [0.2, 0.25) is 0 Å². The molecular formula is C20H18ClN3O2. The van der Waals surface area contributed by atoms with Gasteiger partial charge in [-0.25, -0.2) is 4.98 Å². The first-order valence-corrected chi connectivity index (χ1v) is 8.85. The molecular weight excluding hydrogens is 350 g/mol. The van der Waals surface area contributed by atoms with E-state index in [-0.39, 0.29) is 11.3 Å². The van der Waals surface area contributed by atoms with Crippen LogP contribution >= 0.6 is 11.6 Å². The van der Waals surface area contributed by atoms with Crippen LogP contribution in [0.1, 0.15) is 16.8 Å². The van der Waals surface area contributed by atoms with Crippen molar-refractivity contribution in [3.63, 3.8) is 0 Å². The normalized spacial score (nSPS) is 14.2. The minimum Gasteiger partial charge on any atom is -0.508 e. The van der Waals surface area contributed by atoms with Crippen LogP contribution in [0.15, 0.2) is 53.3 Å². The third-order valence-corrected chi connectivity index (χ3v) is 4.98. The monoisotopic (exact) mass is 367 g/mol. The molecule has 0 saturated heterocycles. The zero-order chi connectivity index (χ0) is 18.1. The van der Waals surface area contributed by atoms with Crippen LogP contribution in [0, 0.1) is 0 Å². The number of aromatic hydroxyl groups is 1. The summed E-state index contributed by atoms with van der Waals surface area (Å²) in [5.41, 5.74) is 3.32. The minimum atomic E-state index is -0.0876. The Morgan fingerprint density at radius 3 is 2.77 bits per heavy atom. The summed E-state index contributed by atoms with van der Waals surface area (Å²) in [6, 6.07) is 14.6. The molecule has 2 heterocycles. The van der Waals surface area contributed by atoms with E-state index in [1.807, 2.05) is 36.4 Å². The van der Waals surface area contributed by atoms with Crippen molar-refractivity contribution in [2.75, 3.05) is 6.54 Å². The molecule has 26 heavy (non-hydrogen) atoms. The van der Waals surface area contributed by atoms with Gasteiger partial charge in [0, 0.05) is 36.6 Å². The van der Waals surface area contributed by atoms with Crippen LogP contribution in [0.4, 0.5) is 0 Å². The standard InChI is InChI=1S/C20H18ClN3O2/c21-17-10-15(25)7-6-14(17)11-24-9-8-18-16(12-24)20(26)23-19(22-18)13-4-2-1-3-5-13/h1-7,10,25H,8-9,11-12H2,(H,22,23,26). The predicted octanol–water partition coefficient (Wildman–Crippen LogP) is 3.35. The van der Waals surface area contributed by atoms with Crippen molar-refractivity contribution in [3.8, 4) is 17.1 Å². The van der Waals surface area contributed by atoms with E-state index < -0.39 is 0 Å². The fraction of sp³-hybridized carbons (Fsp3) is 0.200. The fourth-order valence-corrected chi connectivity index (χ4v) is 3.49. The molecule has 0 aliphatic carbocycles. The molecule has 0 amide bonds. The molecule has 6 heteroatoms. The number of rotatable bonds is 3. The van der Waals surface area contributed by atoms with E-state index in [0.717, 1.165) is 29.8 Å². The lowest BCUT2D eigenvalue weighted by molar-refractivity contribution is 0.242. The van der Waals surface area contributed by atoms with E-state index in [0.29, 0.717) is 29.5 Å². The Kier molecular flexibility index (Phi) is 4.49. The zero-order valence-corrected chi connectivity index (χ0v) is 14.8. The van der Waals surface area contributed by atoms with Crippen molar-refractivity contribution in [2.45, 2.75) is 19.5 Å². The highest BCUT2D eigenvalue weighted by Crippen LogP contribution is 2.25. The number of aromatic amines is 1. The van der Waals surface area contributed by atoms with E-state index in [2.05, 4.69) is 14.9 Å². The first-order chi connectivity index (χ1) is 12.6. The predicted molar refractivity (Wildman–Crippen MR) is 101 cm³/mol. The Morgan fingerprint density at radius 2 is 2.00 bits per heavy atom. The number of nitrogens with zero attached hydrogens (tertiary/aromatic N) is 2. The number of H-pyrrole nitrogens is 1. The number of phenols is 1. The number of nitrogens with one attached hydrogen (secondary N) is 1. The average Bonchev–Trinajstić information content (AvgIpc) is 2.65. The topological polar surface area (TPSA) is 69.2 Å². The molecule has 0 unspecified atom stereocenters. The molecule has 4 rings (SSSR count). The Labute approximate surface area is 155 Å². The molecule has 0 radical (unpaired) electrons. The lowest BCUT2D eigenvalue weighted by Gasteiger charge is -2.28. The van der Waals surface area contributed by atoms with Gasteiger partial charge in [-0.1, -0.05) is 48.0 Å². The van der Waals surface area contributed by atoms with Gasteiger partial charge in [0.05, 0.1) is 11.3 Å². The van der Waals surface area contributed by atoms with Crippen LogP contribution in [-0.2, 0) is 19.5 Å². The molecule has 2 N–H and O–H groups in total. The summed E-state index contributed by atoms with van der Waals surface area (Å²) in [7, 11) is 0. The van der Waals surface area contributed by atoms with Gasteiger partial charge in [-0.15, -0.1) is 0 Å². The van der Waals surface area contributed by atoms with Gasteiger partial charge in [0.25, 0.3) is 5.56 Å². The lowest BCUT2D eigenvalue weighted by atomic mass is 10.1. The fourth-order valence-electron chi connectivity index (χ4n) is 3.25. The van der Waals surface area contributed by atoms with Crippen molar-refractivity contribution >= 4 is 11.6 Å². The maximum absolute atomic E-state index is 12.6. The van der Waals surface area contributed by atoms with E-state index in [4.69, 9.17) is 11.6 Å². The third kappa shape index (κ3) is 3.36. The number of phenolic OH excluding ortho intramolecular Hbond substituents is 1. The summed E-state index contributed by atoms with van der Waals surface area (Å²) in [4.78, 5) is 22.3. The SMILES string of the molecule is O=c1[nH]c(-c2ccccc2)nc2c1CN(Cc1ccc(O)cc1Cl)CC2. The first-order valence-electron chi connectivity index (χ1n) is 8.47. The lowest BCUT2D eigenvalue weighted by Crippen LogP contribution is -2.35. The van der Waals surface area contributed by atoms with Crippen LogP contribution in [-0.4, -0.2) is 26.5 Å². The second-order valence-corrected chi connectivity index (χ2v) is 6.85. The molecule has 0 spiro atoms. The van der Waals surface area contributed by atoms with Gasteiger partial charge >= 0.3 is 0 Å². The van der Waals surface area contributed by atoms with E-state index in [1.165, 1.54) is 6.07 Å². The molecule has 0 fully saturated rings. The van der Waals surface area contributed by atoms with Crippen LogP contribution in [0.5, 0.6) is 5.75 Å². The second-order valence-electron chi connectivity index (χ2n) is 6.44. The van der Waals surface area contributed by atoms with E-state index in [9.17, 15) is 9.90 Å². The molecule has 1 aliphatic rings. The smallest absolute Gasteiger partial charge is 0.255 e. The van der Waals surface area contributed by atoms with Gasteiger partial charge in [-0.2, -0.15) is 0 Å². The summed E-state index contributed by atoms with van der Waals surface area (Å²) in [6.07, 6.45) is 0.717. The number of hydrogen-bond donors (Lipinski definition) is 2. The van der Waals surface area contributed by atoms with Crippen molar-refractivity contribution in [1.82, 2.24) is 14.9 Å².